The number of rotatable bonds is 4. The van der Waals surface area contributed by atoms with Gasteiger partial charge in [0.2, 0.25) is 0 Å². The summed E-state index contributed by atoms with van der Waals surface area (Å²) in [6.45, 7) is 3.56. The minimum atomic E-state index is -0.205. The smallest absolute Gasteiger partial charge is 0.338 e. The molecule has 1 aromatic rings. The van der Waals surface area contributed by atoms with Crippen LogP contribution in [0.1, 0.15) is 35.7 Å². The zero-order chi connectivity index (χ0) is 11.4. The van der Waals surface area contributed by atoms with Crippen LogP contribution < -0.4 is 5.32 Å². The fourth-order valence-electron chi connectivity index (χ4n) is 1.82. The molecule has 1 aromatic carbocycles. The first-order valence-corrected chi connectivity index (χ1v) is 5.85. The maximum atomic E-state index is 11.7. The topological polar surface area (TPSA) is 38.3 Å². The lowest BCUT2D eigenvalue weighted by Crippen LogP contribution is -2.06. The van der Waals surface area contributed by atoms with Gasteiger partial charge in [0.1, 0.15) is 0 Å². The highest BCUT2D eigenvalue weighted by atomic mass is 16.5. The normalized spacial score (nSPS) is 13.1. The Morgan fingerprint density at radius 1 is 1.50 bits per heavy atom. The Balaban J connectivity index is 2.01. The van der Waals surface area contributed by atoms with Crippen molar-refractivity contribution >= 4 is 11.7 Å². The molecule has 0 spiro atoms. The predicted octanol–water partition coefficient (Wildman–Crippen LogP) is 2.61. The number of hydrogen-bond acceptors (Lipinski definition) is 3. The molecule has 16 heavy (non-hydrogen) atoms. The predicted molar refractivity (Wildman–Crippen MR) is 63.8 cm³/mol. The monoisotopic (exact) mass is 219 g/mol. The lowest BCUT2D eigenvalue weighted by atomic mass is 10.1. The molecule has 3 nitrogen and oxygen atoms in total. The van der Waals surface area contributed by atoms with E-state index in [2.05, 4.69) is 12.2 Å². The third kappa shape index (κ3) is 2.35. The molecule has 3 heteroatoms. The van der Waals surface area contributed by atoms with Gasteiger partial charge in [-0.3, -0.25) is 0 Å². The van der Waals surface area contributed by atoms with Gasteiger partial charge in [0.25, 0.3) is 0 Å². The molecule has 0 radical (unpaired) electrons. The Labute approximate surface area is 95.8 Å². The molecule has 0 aliphatic carbocycles. The molecule has 1 N–H and O–H groups in total. The highest BCUT2D eigenvalue weighted by Crippen LogP contribution is 2.23. The van der Waals surface area contributed by atoms with Crippen LogP contribution in [0, 0.1) is 0 Å². The summed E-state index contributed by atoms with van der Waals surface area (Å²) in [7, 11) is 0. The van der Waals surface area contributed by atoms with Crippen molar-refractivity contribution in [2.75, 3.05) is 18.5 Å². The summed E-state index contributed by atoms with van der Waals surface area (Å²) in [5.74, 6) is -0.205. The first-order valence-electron chi connectivity index (χ1n) is 5.85. The molecule has 1 aliphatic rings. The van der Waals surface area contributed by atoms with Crippen molar-refractivity contribution in [3.8, 4) is 0 Å². The van der Waals surface area contributed by atoms with Crippen molar-refractivity contribution in [2.45, 2.75) is 26.2 Å². The largest absolute Gasteiger partial charge is 0.462 e. The second-order valence-electron chi connectivity index (χ2n) is 4.04. The summed E-state index contributed by atoms with van der Waals surface area (Å²) < 4.78 is 5.17. The van der Waals surface area contributed by atoms with Crippen molar-refractivity contribution in [1.82, 2.24) is 0 Å². The van der Waals surface area contributed by atoms with Crippen LogP contribution in [0.4, 0.5) is 5.69 Å². The van der Waals surface area contributed by atoms with Crippen molar-refractivity contribution in [3.63, 3.8) is 0 Å². The van der Waals surface area contributed by atoms with E-state index in [0.29, 0.717) is 12.2 Å². The van der Waals surface area contributed by atoms with E-state index in [0.717, 1.165) is 31.5 Å². The minimum Gasteiger partial charge on any atom is -0.462 e. The van der Waals surface area contributed by atoms with Crippen molar-refractivity contribution in [1.29, 1.82) is 0 Å². The maximum Gasteiger partial charge on any atom is 0.338 e. The summed E-state index contributed by atoms with van der Waals surface area (Å²) >= 11 is 0. The number of benzene rings is 1. The second-order valence-corrected chi connectivity index (χ2v) is 4.04. The quantitative estimate of drug-likeness (QED) is 0.625. The van der Waals surface area contributed by atoms with Crippen LogP contribution in [0.3, 0.4) is 0 Å². The average Bonchev–Trinajstić information content (AvgIpc) is 2.76. The Kier molecular flexibility index (Phi) is 3.44. The van der Waals surface area contributed by atoms with Crippen LogP contribution in [-0.2, 0) is 11.2 Å². The van der Waals surface area contributed by atoms with Crippen LogP contribution >= 0.6 is 0 Å². The number of nitrogens with one attached hydrogen (secondary N) is 1. The minimum absolute atomic E-state index is 0.205. The number of unbranched alkanes of at least 4 members (excludes halogenated alkanes) is 1. The van der Waals surface area contributed by atoms with Gasteiger partial charge in [-0.25, -0.2) is 4.79 Å². The zero-order valence-corrected chi connectivity index (χ0v) is 9.58. The Morgan fingerprint density at radius 2 is 2.38 bits per heavy atom. The fourth-order valence-corrected chi connectivity index (χ4v) is 1.82. The molecular weight excluding hydrogens is 202 g/mol. The van der Waals surface area contributed by atoms with E-state index in [4.69, 9.17) is 4.74 Å². The second kappa shape index (κ2) is 5.01. The molecule has 0 unspecified atom stereocenters. The van der Waals surface area contributed by atoms with Gasteiger partial charge in [-0.1, -0.05) is 13.3 Å². The van der Waals surface area contributed by atoms with E-state index >= 15 is 0 Å². The summed E-state index contributed by atoms with van der Waals surface area (Å²) in [6, 6.07) is 5.72. The maximum absolute atomic E-state index is 11.7. The van der Waals surface area contributed by atoms with E-state index in [9.17, 15) is 4.79 Å². The van der Waals surface area contributed by atoms with E-state index in [1.54, 1.807) is 0 Å². The number of fused-ring (bicyclic) bond motifs is 1. The Hall–Kier alpha value is -1.51. The van der Waals surface area contributed by atoms with Gasteiger partial charge in [0, 0.05) is 12.2 Å². The summed E-state index contributed by atoms with van der Waals surface area (Å²) in [4.78, 5) is 11.7. The summed E-state index contributed by atoms with van der Waals surface area (Å²) in [5, 5.41) is 3.27. The van der Waals surface area contributed by atoms with E-state index in [1.807, 2.05) is 18.2 Å². The molecule has 1 heterocycles. The van der Waals surface area contributed by atoms with Crippen molar-refractivity contribution in [2.24, 2.45) is 0 Å². The fraction of sp³-hybridized carbons (Fsp3) is 0.462. The van der Waals surface area contributed by atoms with Gasteiger partial charge in [0.05, 0.1) is 12.2 Å². The number of esters is 1. The van der Waals surface area contributed by atoms with Gasteiger partial charge in [0.15, 0.2) is 0 Å². The number of anilines is 1. The van der Waals surface area contributed by atoms with E-state index in [1.165, 1.54) is 5.56 Å². The van der Waals surface area contributed by atoms with Crippen LogP contribution in [0.15, 0.2) is 18.2 Å². The standard InChI is InChI=1S/C13H17NO2/c1-2-3-8-16-13(15)11-4-5-12-10(9-11)6-7-14-12/h4-5,9,14H,2-3,6-8H2,1H3. The lowest BCUT2D eigenvalue weighted by Gasteiger charge is -2.05. The first kappa shape index (κ1) is 11.0. The molecule has 0 atom stereocenters. The van der Waals surface area contributed by atoms with Crippen LogP contribution in [0.25, 0.3) is 0 Å². The SMILES string of the molecule is CCCCOC(=O)c1ccc2c(c1)CCN2. The summed E-state index contributed by atoms with van der Waals surface area (Å²) in [6.07, 6.45) is 2.96. The highest BCUT2D eigenvalue weighted by molar-refractivity contribution is 5.90. The average molecular weight is 219 g/mol. The molecule has 0 bridgehead atoms. The number of ether oxygens (including phenoxy) is 1. The third-order valence-corrected chi connectivity index (χ3v) is 2.78. The van der Waals surface area contributed by atoms with Gasteiger partial charge >= 0.3 is 5.97 Å². The van der Waals surface area contributed by atoms with Gasteiger partial charge < -0.3 is 10.1 Å². The number of hydrogen-bond donors (Lipinski definition) is 1. The molecule has 2 rings (SSSR count). The Morgan fingerprint density at radius 3 is 3.19 bits per heavy atom. The molecule has 86 valence electrons. The molecular formula is C13H17NO2. The van der Waals surface area contributed by atoms with E-state index < -0.39 is 0 Å². The van der Waals surface area contributed by atoms with Gasteiger partial charge in [-0.15, -0.1) is 0 Å². The van der Waals surface area contributed by atoms with Crippen LogP contribution in [0.2, 0.25) is 0 Å². The van der Waals surface area contributed by atoms with Crippen LogP contribution in [0.5, 0.6) is 0 Å². The molecule has 0 amide bonds. The molecule has 0 fully saturated rings. The third-order valence-electron chi connectivity index (χ3n) is 2.78. The lowest BCUT2D eigenvalue weighted by molar-refractivity contribution is 0.0499. The van der Waals surface area contributed by atoms with E-state index in [-0.39, 0.29) is 5.97 Å². The van der Waals surface area contributed by atoms with Crippen molar-refractivity contribution in [3.05, 3.63) is 29.3 Å². The number of carbonyl (C=O) groups is 1. The van der Waals surface area contributed by atoms with Gasteiger partial charge in [-0.2, -0.15) is 0 Å². The number of carbonyl (C=O) groups excluding carboxylic acids is 1. The Bertz CT molecular complexity index is 388. The molecule has 0 saturated heterocycles. The zero-order valence-electron chi connectivity index (χ0n) is 9.58. The van der Waals surface area contributed by atoms with Crippen LogP contribution in [-0.4, -0.2) is 19.1 Å². The van der Waals surface area contributed by atoms with Gasteiger partial charge in [-0.05, 0) is 36.6 Å². The first-order chi connectivity index (χ1) is 7.81. The highest BCUT2D eigenvalue weighted by Gasteiger charge is 2.13. The molecule has 0 aromatic heterocycles. The molecule has 0 saturated carbocycles. The summed E-state index contributed by atoms with van der Waals surface area (Å²) in [5.41, 5.74) is 3.02. The molecule has 1 aliphatic heterocycles. The van der Waals surface area contributed by atoms with Crippen molar-refractivity contribution < 1.29 is 9.53 Å².